The molecule has 2 nitrogen and oxygen atoms in total. The van der Waals surface area contributed by atoms with E-state index < -0.39 is 16.0 Å². The summed E-state index contributed by atoms with van der Waals surface area (Å²) >= 11 is 1.45. The Morgan fingerprint density at radius 1 is 1.25 bits per heavy atom. The number of rotatable bonds is 2. The molecule has 0 fully saturated rings. The van der Waals surface area contributed by atoms with Gasteiger partial charge in [-0.15, -0.1) is 0 Å². The Morgan fingerprint density at radius 2 is 1.75 bits per heavy atom. The van der Waals surface area contributed by atoms with Crippen LogP contribution < -0.4 is 4.35 Å². The first-order valence-electron chi connectivity index (χ1n) is 3.24. The average Bonchev–Trinajstić information content (AvgIpc) is 1.91. The summed E-state index contributed by atoms with van der Waals surface area (Å²) in [5, 5.41) is 0. The molecular formula is C7H8AsFO2S. The van der Waals surface area contributed by atoms with Gasteiger partial charge in [0, 0.05) is 0 Å². The Hall–Kier alpha value is -0.342. The fraction of sp³-hybridized carbons (Fsp3) is 0.143. The van der Waals surface area contributed by atoms with E-state index in [-0.39, 0.29) is 0 Å². The van der Waals surface area contributed by atoms with Crippen molar-refractivity contribution in [2.24, 2.45) is 0 Å². The Balaban J connectivity index is 2.85. The summed E-state index contributed by atoms with van der Waals surface area (Å²) in [7, 11) is -4.38. The Kier molecular flexibility index (Phi) is 2.91. The molecule has 12 heavy (non-hydrogen) atoms. The molecule has 5 heteroatoms. The first-order chi connectivity index (χ1) is 5.47. The van der Waals surface area contributed by atoms with Gasteiger partial charge in [-0.3, -0.25) is 0 Å². The van der Waals surface area contributed by atoms with Gasteiger partial charge in [0.2, 0.25) is 0 Å². The quantitative estimate of drug-likeness (QED) is 0.535. The SMILES string of the molecule is O=S(=O)(F)Cc1ccc([AsH2])cc1. The van der Waals surface area contributed by atoms with E-state index in [1.807, 2.05) is 0 Å². The Labute approximate surface area is 79.5 Å². The zero-order valence-electron chi connectivity index (χ0n) is 6.20. The number of benzene rings is 1. The van der Waals surface area contributed by atoms with E-state index in [2.05, 4.69) is 0 Å². The fourth-order valence-electron chi connectivity index (χ4n) is 0.813. The van der Waals surface area contributed by atoms with E-state index in [4.69, 9.17) is 0 Å². The van der Waals surface area contributed by atoms with Crippen LogP contribution in [0.15, 0.2) is 24.3 Å². The molecule has 0 aliphatic carbocycles. The molecule has 0 radical (unpaired) electrons. The normalized spacial score (nSPS) is 11.5. The van der Waals surface area contributed by atoms with Crippen molar-refractivity contribution in [3.63, 3.8) is 0 Å². The van der Waals surface area contributed by atoms with Crippen molar-refractivity contribution in [1.82, 2.24) is 0 Å². The van der Waals surface area contributed by atoms with Crippen LogP contribution in [0, 0.1) is 0 Å². The molecule has 0 amide bonds. The molecule has 0 N–H and O–H groups in total. The monoisotopic (exact) mass is 250 g/mol. The molecule has 1 unspecified atom stereocenters. The topological polar surface area (TPSA) is 34.1 Å². The van der Waals surface area contributed by atoms with Crippen molar-refractivity contribution >= 4 is 31.4 Å². The van der Waals surface area contributed by atoms with Crippen molar-refractivity contribution in [3.8, 4) is 0 Å². The predicted octanol–water partition coefficient (Wildman–Crippen LogP) is -0.256. The molecule has 0 saturated heterocycles. The van der Waals surface area contributed by atoms with Gasteiger partial charge in [-0.1, -0.05) is 0 Å². The molecule has 1 atom stereocenters. The van der Waals surface area contributed by atoms with Gasteiger partial charge in [-0.2, -0.15) is 0 Å². The molecule has 0 heterocycles. The van der Waals surface area contributed by atoms with E-state index in [1.165, 1.54) is 16.9 Å². The summed E-state index contributed by atoms with van der Waals surface area (Å²) in [5.74, 6) is -0.527. The molecule has 1 rings (SSSR count). The Morgan fingerprint density at radius 3 is 2.17 bits per heavy atom. The van der Waals surface area contributed by atoms with Gasteiger partial charge in [0.15, 0.2) is 0 Å². The van der Waals surface area contributed by atoms with Crippen LogP contribution in [0.4, 0.5) is 3.89 Å². The van der Waals surface area contributed by atoms with E-state index in [0.717, 1.165) is 4.35 Å². The second kappa shape index (κ2) is 3.58. The maximum atomic E-state index is 12.2. The van der Waals surface area contributed by atoms with Gasteiger partial charge in [0.05, 0.1) is 0 Å². The van der Waals surface area contributed by atoms with Crippen LogP contribution >= 0.6 is 0 Å². The van der Waals surface area contributed by atoms with Crippen LogP contribution in [-0.2, 0) is 16.0 Å². The van der Waals surface area contributed by atoms with Gasteiger partial charge in [-0.25, -0.2) is 0 Å². The van der Waals surface area contributed by atoms with Crippen molar-refractivity contribution in [2.45, 2.75) is 5.75 Å². The van der Waals surface area contributed by atoms with Crippen molar-refractivity contribution in [1.29, 1.82) is 0 Å². The van der Waals surface area contributed by atoms with E-state index >= 15 is 0 Å². The van der Waals surface area contributed by atoms with Crippen molar-refractivity contribution < 1.29 is 12.3 Å². The van der Waals surface area contributed by atoms with Crippen LogP contribution in [0.3, 0.4) is 0 Å². The summed E-state index contributed by atoms with van der Waals surface area (Å²) in [4.78, 5) is 0. The third-order valence-corrected chi connectivity index (χ3v) is 2.80. The first kappa shape index (κ1) is 9.74. The Bertz CT molecular complexity index is 357. The molecule has 1 aromatic rings. The number of hydrogen-bond donors (Lipinski definition) is 0. The molecule has 66 valence electrons. The molecule has 1 aromatic carbocycles. The van der Waals surface area contributed by atoms with Gasteiger partial charge in [0.25, 0.3) is 0 Å². The first-order valence-corrected chi connectivity index (χ1v) is 6.00. The fourth-order valence-corrected chi connectivity index (χ4v) is 1.81. The summed E-state index contributed by atoms with van der Waals surface area (Å²) in [6, 6.07) is 6.80. The van der Waals surface area contributed by atoms with Gasteiger partial charge in [0.1, 0.15) is 0 Å². The van der Waals surface area contributed by atoms with E-state index in [1.54, 1.807) is 24.3 Å². The summed E-state index contributed by atoms with van der Waals surface area (Å²) in [6.07, 6.45) is 0. The van der Waals surface area contributed by atoms with Crippen LogP contribution in [-0.4, -0.2) is 25.3 Å². The standard InChI is InChI=1S/C7H8AsFO2S/c8-7-3-1-6(2-4-7)5-12(9,10)11/h1-4H,5,8H2. The second-order valence-electron chi connectivity index (χ2n) is 2.42. The second-order valence-corrected chi connectivity index (χ2v) is 5.19. The van der Waals surface area contributed by atoms with Gasteiger partial charge >= 0.3 is 79.3 Å². The molecule has 0 saturated carbocycles. The molecule has 0 aliphatic heterocycles. The minimum absolute atomic E-state index is 0.485. The van der Waals surface area contributed by atoms with Crippen LogP contribution in [0.25, 0.3) is 0 Å². The average molecular weight is 250 g/mol. The summed E-state index contributed by atoms with van der Waals surface area (Å²) < 4.78 is 33.7. The summed E-state index contributed by atoms with van der Waals surface area (Å²) in [6.45, 7) is 0. The van der Waals surface area contributed by atoms with Crippen molar-refractivity contribution in [2.75, 3.05) is 0 Å². The minimum atomic E-state index is -4.38. The summed E-state index contributed by atoms with van der Waals surface area (Å²) in [5.41, 5.74) is 0.485. The number of halogens is 1. The third kappa shape index (κ3) is 3.37. The molecule has 0 aromatic heterocycles. The van der Waals surface area contributed by atoms with Gasteiger partial charge in [-0.05, 0) is 0 Å². The maximum absolute atomic E-state index is 12.2. The van der Waals surface area contributed by atoms with Crippen LogP contribution in [0.2, 0.25) is 0 Å². The van der Waals surface area contributed by atoms with Gasteiger partial charge < -0.3 is 0 Å². The molecule has 0 spiro atoms. The molecule has 0 bridgehead atoms. The predicted molar refractivity (Wildman–Crippen MR) is 48.4 cm³/mol. The number of hydrogen-bond acceptors (Lipinski definition) is 2. The van der Waals surface area contributed by atoms with Crippen LogP contribution in [0.5, 0.6) is 0 Å². The molecular weight excluding hydrogens is 242 g/mol. The third-order valence-electron chi connectivity index (χ3n) is 1.32. The molecule has 0 aliphatic rings. The van der Waals surface area contributed by atoms with Crippen molar-refractivity contribution in [3.05, 3.63) is 29.8 Å². The zero-order valence-corrected chi connectivity index (χ0v) is 9.44. The zero-order chi connectivity index (χ0) is 9.19. The van der Waals surface area contributed by atoms with E-state index in [0.29, 0.717) is 5.56 Å². The van der Waals surface area contributed by atoms with E-state index in [9.17, 15) is 12.3 Å². The van der Waals surface area contributed by atoms with Crippen LogP contribution in [0.1, 0.15) is 5.56 Å².